The van der Waals surface area contributed by atoms with Crippen molar-refractivity contribution in [1.29, 1.82) is 10.5 Å². The quantitative estimate of drug-likeness (QED) is 0.851. The smallest absolute Gasteiger partial charge is 0.130 e. The van der Waals surface area contributed by atoms with Crippen LogP contribution in [0.15, 0.2) is 30.5 Å². The number of hydrogen-bond acceptors (Lipinski definition) is 5. The second-order valence-electron chi connectivity index (χ2n) is 4.04. The molecule has 0 aliphatic rings. The molecule has 5 nitrogen and oxygen atoms in total. The monoisotopic (exact) mass is 249 g/mol. The minimum Gasteiger partial charge on any atom is -0.397 e. The first-order chi connectivity index (χ1) is 9.13. The van der Waals surface area contributed by atoms with Crippen molar-refractivity contribution in [3.63, 3.8) is 0 Å². The Morgan fingerprint density at radius 3 is 2.53 bits per heavy atom. The maximum absolute atomic E-state index is 8.96. The summed E-state index contributed by atoms with van der Waals surface area (Å²) in [5.74, 6) is 0.639. The zero-order valence-electron chi connectivity index (χ0n) is 10.3. The number of aromatic nitrogens is 1. The van der Waals surface area contributed by atoms with Crippen LogP contribution >= 0.6 is 0 Å². The average molecular weight is 249 g/mol. The van der Waals surface area contributed by atoms with Crippen LogP contribution in [0.25, 0.3) is 0 Å². The zero-order valence-corrected chi connectivity index (χ0v) is 10.3. The maximum Gasteiger partial charge on any atom is 0.130 e. The number of nitriles is 2. The van der Waals surface area contributed by atoms with Crippen molar-refractivity contribution in [3.8, 4) is 12.1 Å². The lowest BCUT2D eigenvalue weighted by molar-refractivity contribution is 1.28. The van der Waals surface area contributed by atoms with E-state index in [0.717, 1.165) is 5.56 Å². The minimum atomic E-state index is 0.333. The molecular formula is C14H11N5. The third-order valence-electron chi connectivity index (χ3n) is 2.68. The highest BCUT2D eigenvalue weighted by Gasteiger charge is 2.04. The summed E-state index contributed by atoms with van der Waals surface area (Å²) in [4.78, 5) is 4.15. The number of nitrogens with two attached hydrogens (primary N) is 1. The fraction of sp³-hybridized carbons (Fsp3) is 0.0714. The van der Waals surface area contributed by atoms with E-state index >= 15 is 0 Å². The molecule has 5 heteroatoms. The van der Waals surface area contributed by atoms with Gasteiger partial charge < -0.3 is 11.1 Å². The number of rotatable bonds is 2. The molecule has 0 radical (unpaired) electrons. The fourth-order valence-corrected chi connectivity index (χ4v) is 1.59. The molecule has 0 saturated heterocycles. The van der Waals surface area contributed by atoms with Crippen LogP contribution in [0.3, 0.4) is 0 Å². The summed E-state index contributed by atoms with van der Waals surface area (Å²) in [6.07, 6.45) is 1.58. The number of hydrogen-bond donors (Lipinski definition) is 2. The van der Waals surface area contributed by atoms with E-state index in [4.69, 9.17) is 16.3 Å². The van der Waals surface area contributed by atoms with Crippen LogP contribution in [-0.2, 0) is 0 Å². The lowest BCUT2D eigenvalue weighted by atomic mass is 10.1. The van der Waals surface area contributed by atoms with Crippen LogP contribution < -0.4 is 11.1 Å². The second-order valence-corrected chi connectivity index (χ2v) is 4.04. The first kappa shape index (κ1) is 12.4. The van der Waals surface area contributed by atoms with E-state index in [-0.39, 0.29) is 0 Å². The number of anilines is 3. The molecule has 0 bridgehead atoms. The minimum absolute atomic E-state index is 0.333. The lowest BCUT2D eigenvalue weighted by Gasteiger charge is -2.08. The van der Waals surface area contributed by atoms with Crippen molar-refractivity contribution in [2.24, 2.45) is 0 Å². The zero-order chi connectivity index (χ0) is 13.8. The summed E-state index contributed by atoms with van der Waals surface area (Å²) >= 11 is 0. The molecule has 1 aromatic heterocycles. The molecule has 0 amide bonds. The molecule has 0 aliphatic heterocycles. The molecule has 0 aliphatic carbocycles. The van der Waals surface area contributed by atoms with Crippen molar-refractivity contribution in [1.82, 2.24) is 4.98 Å². The number of nitrogens with zero attached hydrogens (tertiary/aromatic N) is 3. The molecule has 0 unspecified atom stereocenters. The maximum atomic E-state index is 8.96. The van der Waals surface area contributed by atoms with E-state index in [9.17, 15) is 0 Å². The Hall–Kier alpha value is -3.05. The average Bonchev–Trinajstić information content (AvgIpc) is 2.43. The largest absolute Gasteiger partial charge is 0.397 e. The third kappa shape index (κ3) is 2.62. The van der Waals surface area contributed by atoms with Gasteiger partial charge in [0.25, 0.3) is 0 Å². The first-order valence-electron chi connectivity index (χ1n) is 5.57. The number of nitrogens with one attached hydrogen (secondary N) is 1. The van der Waals surface area contributed by atoms with Gasteiger partial charge in [0.2, 0.25) is 0 Å². The van der Waals surface area contributed by atoms with Crippen molar-refractivity contribution >= 4 is 17.2 Å². The highest BCUT2D eigenvalue weighted by molar-refractivity contribution is 5.63. The Kier molecular flexibility index (Phi) is 3.31. The molecule has 0 fully saturated rings. The second kappa shape index (κ2) is 5.07. The Bertz CT molecular complexity index is 707. The highest BCUT2D eigenvalue weighted by atomic mass is 15.0. The van der Waals surface area contributed by atoms with Crippen molar-refractivity contribution in [2.45, 2.75) is 6.92 Å². The summed E-state index contributed by atoms with van der Waals surface area (Å²) < 4.78 is 0. The number of aryl methyl sites for hydroxylation is 1. The van der Waals surface area contributed by atoms with Crippen molar-refractivity contribution in [2.75, 3.05) is 11.1 Å². The molecule has 2 aromatic rings. The standard InChI is InChI=1S/C14H11N5/c1-9-4-14(18-8-13(9)17)19-12-3-2-10(6-15)11(5-12)7-16/h2-5,8H,17H2,1H3,(H,18,19). The van der Waals surface area contributed by atoms with Gasteiger partial charge in [-0.1, -0.05) is 0 Å². The van der Waals surface area contributed by atoms with Crippen LogP contribution in [-0.4, -0.2) is 4.98 Å². The van der Waals surface area contributed by atoms with Crippen LogP contribution in [0.4, 0.5) is 17.2 Å². The van der Waals surface area contributed by atoms with Gasteiger partial charge in [0.05, 0.1) is 23.0 Å². The van der Waals surface area contributed by atoms with Gasteiger partial charge in [-0.25, -0.2) is 4.98 Å². The number of nitrogen functional groups attached to an aromatic ring is 1. The molecule has 92 valence electrons. The molecule has 1 heterocycles. The molecule has 19 heavy (non-hydrogen) atoms. The molecule has 0 spiro atoms. The number of benzene rings is 1. The molecular weight excluding hydrogens is 238 g/mol. The summed E-state index contributed by atoms with van der Waals surface area (Å²) in [6, 6.07) is 10.7. The molecule has 0 saturated carbocycles. The summed E-state index contributed by atoms with van der Waals surface area (Å²) in [7, 11) is 0. The van der Waals surface area contributed by atoms with Gasteiger partial charge in [0, 0.05) is 5.69 Å². The summed E-state index contributed by atoms with van der Waals surface area (Å²) in [6.45, 7) is 1.89. The lowest BCUT2D eigenvalue weighted by Crippen LogP contribution is -1.98. The van der Waals surface area contributed by atoms with Gasteiger partial charge in [-0.15, -0.1) is 0 Å². The van der Waals surface area contributed by atoms with Crippen LogP contribution in [0, 0.1) is 29.6 Å². The topological polar surface area (TPSA) is 98.5 Å². The van der Waals surface area contributed by atoms with Crippen molar-refractivity contribution < 1.29 is 0 Å². The third-order valence-corrected chi connectivity index (χ3v) is 2.68. The Balaban J connectivity index is 2.32. The van der Waals surface area contributed by atoms with E-state index in [2.05, 4.69) is 10.3 Å². The van der Waals surface area contributed by atoms with Crippen LogP contribution in [0.1, 0.15) is 16.7 Å². The first-order valence-corrected chi connectivity index (χ1v) is 5.57. The Morgan fingerprint density at radius 1 is 1.16 bits per heavy atom. The normalized spacial score (nSPS) is 9.42. The van der Waals surface area contributed by atoms with E-state index in [1.165, 1.54) is 0 Å². The van der Waals surface area contributed by atoms with Gasteiger partial charge in [-0.3, -0.25) is 0 Å². The molecule has 1 aromatic carbocycles. The molecule has 0 atom stereocenters. The van der Waals surface area contributed by atoms with E-state index in [1.807, 2.05) is 25.1 Å². The fourth-order valence-electron chi connectivity index (χ4n) is 1.59. The summed E-state index contributed by atoms with van der Waals surface area (Å²) in [5, 5.41) is 20.9. The van der Waals surface area contributed by atoms with E-state index in [1.54, 1.807) is 24.4 Å². The van der Waals surface area contributed by atoms with Crippen molar-refractivity contribution in [3.05, 3.63) is 47.2 Å². The SMILES string of the molecule is Cc1cc(Nc2ccc(C#N)c(C#N)c2)ncc1N. The van der Waals surface area contributed by atoms with Gasteiger partial charge in [-0.05, 0) is 36.8 Å². The predicted molar refractivity (Wildman–Crippen MR) is 72.5 cm³/mol. The molecule has 3 N–H and O–H groups in total. The van der Waals surface area contributed by atoms with Gasteiger partial charge in [0.15, 0.2) is 0 Å². The van der Waals surface area contributed by atoms with E-state index in [0.29, 0.717) is 28.3 Å². The number of pyridine rings is 1. The van der Waals surface area contributed by atoms with Gasteiger partial charge in [-0.2, -0.15) is 10.5 Å². The molecule has 2 rings (SSSR count). The predicted octanol–water partition coefficient (Wildman–Crippen LogP) is 2.46. The van der Waals surface area contributed by atoms with Crippen LogP contribution in [0.2, 0.25) is 0 Å². The summed E-state index contributed by atoms with van der Waals surface area (Å²) in [5.41, 5.74) is 8.64. The Labute approximate surface area is 110 Å². The van der Waals surface area contributed by atoms with Gasteiger partial charge >= 0.3 is 0 Å². The highest BCUT2D eigenvalue weighted by Crippen LogP contribution is 2.20. The van der Waals surface area contributed by atoms with E-state index < -0.39 is 0 Å². The van der Waals surface area contributed by atoms with Crippen LogP contribution in [0.5, 0.6) is 0 Å². The van der Waals surface area contributed by atoms with Gasteiger partial charge in [0.1, 0.15) is 18.0 Å². The Morgan fingerprint density at radius 2 is 1.89 bits per heavy atom.